The van der Waals surface area contributed by atoms with Crippen LogP contribution < -0.4 is 5.32 Å². The number of ether oxygens (including phenoxy) is 1. The van der Waals surface area contributed by atoms with Crippen molar-refractivity contribution < 1.29 is 37.9 Å². The summed E-state index contributed by atoms with van der Waals surface area (Å²) in [6.45, 7) is 3.28. The molecular weight excluding hydrogens is 569 g/mol. The molecule has 0 aliphatic heterocycles. The van der Waals surface area contributed by atoms with Gasteiger partial charge < -0.3 is 20.1 Å². The van der Waals surface area contributed by atoms with E-state index >= 15 is 0 Å². The van der Waals surface area contributed by atoms with Crippen LogP contribution in [0.1, 0.15) is 168 Å². The molecule has 0 radical (unpaired) electrons. The van der Waals surface area contributed by atoms with Gasteiger partial charge in [0.2, 0.25) is 5.91 Å². The minimum Gasteiger partial charge on any atom is -0.463 e. The highest BCUT2D eigenvalue weighted by Crippen LogP contribution is 2.42. The van der Waals surface area contributed by atoms with Crippen LogP contribution >= 0.6 is 7.82 Å². The number of hydrogen-bond acceptors (Lipinski definition) is 7. The van der Waals surface area contributed by atoms with Gasteiger partial charge in [-0.2, -0.15) is 0 Å². The second-order valence-electron chi connectivity index (χ2n) is 11.9. The standard InChI is InChI=1S/C33H66NO8P/c1-3-5-7-8-9-10-11-12-13-14-15-16-17-18-19-20-21-22-23-24-25-32(36)34-27-28-41-43(38,39)42-30-31(35)29-40-33(37)26-6-4-2/h31,35H,3-30H2,1-2H3,(H,34,36)(H,38,39). The number of rotatable bonds is 33. The smallest absolute Gasteiger partial charge is 0.463 e. The van der Waals surface area contributed by atoms with Gasteiger partial charge in [-0.3, -0.25) is 18.6 Å². The van der Waals surface area contributed by atoms with Crippen molar-refractivity contribution in [3.05, 3.63) is 0 Å². The number of aliphatic hydroxyl groups is 1. The molecule has 0 bridgehead atoms. The Kier molecular flexibility index (Phi) is 30.3. The lowest BCUT2D eigenvalue weighted by molar-refractivity contribution is -0.147. The van der Waals surface area contributed by atoms with Crippen molar-refractivity contribution >= 4 is 19.7 Å². The summed E-state index contributed by atoms with van der Waals surface area (Å²) in [7, 11) is -4.38. The van der Waals surface area contributed by atoms with Crippen molar-refractivity contribution in [2.75, 3.05) is 26.4 Å². The Labute approximate surface area is 263 Å². The van der Waals surface area contributed by atoms with Crippen molar-refractivity contribution in [3.63, 3.8) is 0 Å². The van der Waals surface area contributed by atoms with Crippen LogP contribution in [-0.2, 0) is 27.9 Å². The first-order chi connectivity index (χ1) is 20.8. The molecule has 0 aliphatic rings. The first kappa shape index (κ1) is 42.0. The van der Waals surface area contributed by atoms with E-state index in [2.05, 4.69) is 12.2 Å². The molecule has 10 heteroatoms. The normalized spacial score (nSPS) is 13.5. The highest BCUT2D eigenvalue weighted by molar-refractivity contribution is 7.47. The first-order valence-electron chi connectivity index (χ1n) is 17.5. The Morgan fingerprint density at radius 2 is 1.07 bits per heavy atom. The molecule has 0 saturated heterocycles. The molecular formula is C33H66NO8P. The summed E-state index contributed by atoms with van der Waals surface area (Å²) in [5, 5.41) is 12.4. The molecule has 9 nitrogen and oxygen atoms in total. The van der Waals surface area contributed by atoms with E-state index in [1.807, 2.05) is 6.92 Å². The van der Waals surface area contributed by atoms with Crippen LogP contribution in [-0.4, -0.2) is 54.3 Å². The van der Waals surface area contributed by atoms with Crippen molar-refractivity contribution in [3.8, 4) is 0 Å². The van der Waals surface area contributed by atoms with Gasteiger partial charge in [-0.15, -0.1) is 0 Å². The zero-order valence-electron chi connectivity index (χ0n) is 27.7. The molecule has 1 amide bonds. The summed E-state index contributed by atoms with van der Waals surface area (Å²) in [4.78, 5) is 33.1. The third-order valence-corrected chi connectivity index (χ3v) is 8.52. The minimum atomic E-state index is -4.38. The molecule has 3 N–H and O–H groups in total. The van der Waals surface area contributed by atoms with Crippen LogP contribution in [0, 0.1) is 0 Å². The number of unbranched alkanes of at least 4 members (excludes halogenated alkanes) is 20. The Bertz CT molecular complexity index is 694. The highest BCUT2D eigenvalue weighted by atomic mass is 31.2. The molecule has 0 aliphatic carbocycles. The van der Waals surface area contributed by atoms with Crippen LogP contribution in [0.15, 0.2) is 0 Å². The zero-order valence-corrected chi connectivity index (χ0v) is 28.6. The second-order valence-corrected chi connectivity index (χ2v) is 13.3. The second kappa shape index (κ2) is 31.0. The van der Waals surface area contributed by atoms with Gasteiger partial charge in [-0.25, -0.2) is 4.57 Å². The predicted molar refractivity (Wildman–Crippen MR) is 174 cm³/mol. The SMILES string of the molecule is CCCCCCCCCCCCCCCCCCCCCCC(=O)NCCOP(=O)(O)OCC(O)COC(=O)CCCC. The van der Waals surface area contributed by atoms with Crippen molar-refractivity contribution in [2.24, 2.45) is 0 Å². The maximum absolute atomic E-state index is 12.0. The fourth-order valence-electron chi connectivity index (χ4n) is 4.83. The van der Waals surface area contributed by atoms with E-state index in [-0.39, 0.29) is 32.1 Å². The number of nitrogens with one attached hydrogen (secondary N) is 1. The zero-order chi connectivity index (χ0) is 31.9. The molecule has 0 heterocycles. The molecule has 2 unspecified atom stereocenters. The summed E-state index contributed by atoms with van der Waals surface area (Å²) >= 11 is 0. The lowest BCUT2D eigenvalue weighted by Gasteiger charge is -2.15. The van der Waals surface area contributed by atoms with Crippen LogP contribution in [0.3, 0.4) is 0 Å². The molecule has 0 rings (SSSR count). The quantitative estimate of drug-likeness (QED) is 0.0371. The monoisotopic (exact) mass is 635 g/mol. The van der Waals surface area contributed by atoms with E-state index in [1.54, 1.807) is 0 Å². The minimum absolute atomic E-state index is 0.0868. The van der Waals surface area contributed by atoms with Crippen LogP contribution in [0.2, 0.25) is 0 Å². The van der Waals surface area contributed by atoms with Gasteiger partial charge in [-0.05, 0) is 12.8 Å². The van der Waals surface area contributed by atoms with Gasteiger partial charge >= 0.3 is 13.8 Å². The number of carbonyl (C=O) groups is 2. The Balaban J connectivity index is 3.45. The topological polar surface area (TPSA) is 131 Å². The fraction of sp³-hybridized carbons (Fsp3) is 0.939. The molecule has 0 saturated carbocycles. The van der Waals surface area contributed by atoms with Gasteiger partial charge in [0, 0.05) is 19.4 Å². The van der Waals surface area contributed by atoms with Gasteiger partial charge in [-0.1, -0.05) is 142 Å². The van der Waals surface area contributed by atoms with E-state index in [4.69, 9.17) is 13.8 Å². The van der Waals surface area contributed by atoms with Gasteiger partial charge in [0.15, 0.2) is 0 Å². The summed E-state index contributed by atoms with van der Waals surface area (Å²) in [5.41, 5.74) is 0. The van der Waals surface area contributed by atoms with E-state index in [1.165, 1.54) is 109 Å². The molecule has 0 aromatic heterocycles. The van der Waals surface area contributed by atoms with Crippen molar-refractivity contribution in [1.82, 2.24) is 5.32 Å². The van der Waals surface area contributed by atoms with E-state index in [0.29, 0.717) is 12.8 Å². The number of esters is 1. The molecule has 0 fully saturated rings. The molecule has 0 spiro atoms. The van der Waals surface area contributed by atoms with Gasteiger partial charge in [0.25, 0.3) is 0 Å². The van der Waals surface area contributed by atoms with Crippen LogP contribution in [0.4, 0.5) is 0 Å². The summed E-state index contributed by atoms with van der Waals surface area (Å²) in [6, 6.07) is 0. The number of phosphoric ester groups is 1. The van der Waals surface area contributed by atoms with E-state index in [0.717, 1.165) is 25.7 Å². The average Bonchev–Trinajstić information content (AvgIpc) is 2.99. The third kappa shape index (κ3) is 32.2. The van der Waals surface area contributed by atoms with Crippen LogP contribution in [0.5, 0.6) is 0 Å². The predicted octanol–water partition coefficient (Wildman–Crippen LogP) is 8.54. The maximum atomic E-state index is 12.0. The number of phosphoric acid groups is 1. The summed E-state index contributed by atoms with van der Waals surface area (Å²) < 4.78 is 26.3. The van der Waals surface area contributed by atoms with Crippen molar-refractivity contribution in [1.29, 1.82) is 0 Å². The number of hydrogen-bond donors (Lipinski definition) is 3. The Morgan fingerprint density at radius 3 is 1.53 bits per heavy atom. The first-order valence-corrected chi connectivity index (χ1v) is 19.0. The van der Waals surface area contributed by atoms with E-state index in [9.17, 15) is 24.2 Å². The number of amides is 1. The number of carbonyl (C=O) groups excluding carboxylic acids is 2. The highest BCUT2D eigenvalue weighted by Gasteiger charge is 2.23. The molecule has 0 aromatic rings. The number of aliphatic hydroxyl groups excluding tert-OH is 1. The fourth-order valence-corrected chi connectivity index (χ4v) is 5.59. The molecule has 2 atom stereocenters. The lowest BCUT2D eigenvalue weighted by atomic mass is 10.0. The average molecular weight is 636 g/mol. The molecule has 0 aromatic carbocycles. The van der Waals surface area contributed by atoms with E-state index < -0.39 is 26.5 Å². The van der Waals surface area contributed by atoms with Gasteiger partial charge in [0.1, 0.15) is 12.7 Å². The maximum Gasteiger partial charge on any atom is 0.472 e. The third-order valence-electron chi connectivity index (χ3n) is 7.54. The Morgan fingerprint density at radius 1 is 0.628 bits per heavy atom. The molecule has 256 valence electrons. The largest absolute Gasteiger partial charge is 0.472 e. The Hall–Kier alpha value is -0.990. The van der Waals surface area contributed by atoms with Crippen LogP contribution in [0.25, 0.3) is 0 Å². The summed E-state index contributed by atoms with van der Waals surface area (Å²) in [6.07, 6.45) is 27.3. The van der Waals surface area contributed by atoms with Crippen molar-refractivity contribution in [2.45, 2.75) is 174 Å². The molecule has 43 heavy (non-hydrogen) atoms. The van der Waals surface area contributed by atoms with Gasteiger partial charge in [0.05, 0.1) is 13.2 Å². The summed E-state index contributed by atoms with van der Waals surface area (Å²) in [5.74, 6) is -0.546. The lowest BCUT2D eigenvalue weighted by Crippen LogP contribution is -2.27.